The van der Waals surface area contributed by atoms with Crippen molar-refractivity contribution in [2.24, 2.45) is 0 Å². The minimum atomic E-state index is -0.125. The number of rotatable bonds is 2. The Morgan fingerprint density at radius 1 is 0.875 bits per heavy atom. The van der Waals surface area contributed by atoms with E-state index >= 15 is 0 Å². The highest BCUT2D eigenvalue weighted by Crippen LogP contribution is 2.31. The van der Waals surface area contributed by atoms with E-state index in [1.54, 1.807) is 13.2 Å². The van der Waals surface area contributed by atoms with Gasteiger partial charge in [-0.1, -0.05) is 18.2 Å². The Morgan fingerprint density at radius 2 is 1.62 bits per heavy atom. The van der Waals surface area contributed by atoms with Crippen LogP contribution in [0, 0.1) is 0 Å². The molecular formula is C13H12O3. The van der Waals surface area contributed by atoms with Gasteiger partial charge in [0.1, 0.15) is 5.75 Å². The summed E-state index contributed by atoms with van der Waals surface area (Å²) in [5.74, 6) is 0.511. The van der Waals surface area contributed by atoms with Crippen LogP contribution in [0.1, 0.15) is 0 Å². The van der Waals surface area contributed by atoms with E-state index in [-0.39, 0.29) is 11.5 Å². The largest absolute Gasteiger partial charge is 0.504 e. The quantitative estimate of drug-likeness (QED) is 0.759. The highest BCUT2D eigenvalue weighted by atomic mass is 16.5. The molecule has 0 saturated carbocycles. The van der Waals surface area contributed by atoms with Crippen LogP contribution in [0.4, 0.5) is 0 Å². The Hall–Kier alpha value is -2.16. The molecule has 0 aromatic heterocycles. The van der Waals surface area contributed by atoms with Crippen LogP contribution in [-0.4, -0.2) is 17.3 Å². The van der Waals surface area contributed by atoms with Crippen LogP contribution < -0.4 is 4.74 Å². The maximum atomic E-state index is 9.41. The Labute approximate surface area is 93.6 Å². The number of phenols is 2. The predicted octanol–water partition coefficient (Wildman–Crippen LogP) is 2.77. The standard InChI is InChI=1S/C13H12O3/c1-16-11-4-2-3-9(7-11)10-5-6-12(14)13(15)8-10/h2-8,14-15H,1H3. The number of hydrogen-bond donors (Lipinski definition) is 2. The fourth-order valence-electron chi connectivity index (χ4n) is 1.51. The van der Waals surface area contributed by atoms with E-state index in [0.29, 0.717) is 0 Å². The minimum absolute atomic E-state index is 0.119. The molecule has 0 bridgehead atoms. The molecule has 0 radical (unpaired) electrons. The van der Waals surface area contributed by atoms with Crippen molar-refractivity contribution >= 4 is 0 Å². The summed E-state index contributed by atoms with van der Waals surface area (Å²) in [6.45, 7) is 0. The molecule has 0 aliphatic heterocycles. The molecule has 0 aliphatic carbocycles. The van der Waals surface area contributed by atoms with E-state index in [0.717, 1.165) is 16.9 Å². The molecule has 0 heterocycles. The maximum Gasteiger partial charge on any atom is 0.158 e. The minimum Gasteiger partial charge on any atom is -0.504 e. The predicted molar refractivity (Wildman–Crippen MR) is 61.8 cm³/mol. The number of benzene rings is 2. The summed E-state index contributed by atoms with van der Waals surface area (Å²) in [7, 11) is 1.60. The Kier molecular flexibility index (Phi) is 2.68. The fraction of sp³-hybridized carbons (Fsp3) is 0.0769. The van der Waals surface area contributed by atoms with E-state index in [1.165, 1.54) is 12.1 Å². The molecule has 0 saturated heterocycles. The lowest BCUT2D eigenvalue weighted by molar-refractivity contribution is 0.404. The smallest absolute Gasteiger partial charge is 0.158 e. The van der Waals surface area contributed by atoms with Gasteiger partial charge in [-0.2, -0.15) is 0 Å². The molecule has 2 aromatic carbocycles. The first-order valence-electron chi connectivity index (χ1n) is 4.87. The van der Waals surface area contributed by atoms with Gasteiger partial charge in [-0.25, -0.2) is 0 Å². The zero-order chi connectivity index (χ0) is 11.5. The van der Waals surface area contributed by atoms with E-state index < -0.39 is 0 Å². The van der Waals surface area contributed by atoms with Crippen LogP contribution in [0.5, 0.6) is 17.2 Å². The Bertz CT molecular complexity index is 506. The average Bonchev–Trinajstić information content (AvgIpc) is 2.33. The monoisotopic (exact) mass is 216 g/mol. The van der Waals surface area contributed by atoms with Gasteiger partial charge in [-0.3, -0.25) is 0 Å². The highest BCUT2D eigenvalue weighted by Gasteiger charge is 2.03. The Balaban J connectivity index is 2.46. The third-order valence-electron chi connectivity index (χ3n) is 2.38. The van der Waals surface area contributed by atoms with Gasteiger partial charge in [-0.15, -0.1) is 0 Å². The van der Waals surface area contributed by atoms with Crippen LogP contribution in [0.25, 0.3) is 11.1 Å². The SMILES string of the molecule is COc1cccc(-c2ccc(O)c(O)c2)c1. The second kappa shape index (κ2) is 4.14. The number of ether oxygens (including phenoxy) is 1. The molecule has 82 valence electrons. The first kappa shape index (κ1) is 10.4. The molecule has 0 aliphatic rings. The van der Waals surface area contributed by atoms with Crippen LogP contribution in [0.15, 0.2) is 42.5 Å². The van der Waals surface area contributed by atoms with Crippen molar-refractivity contribution in [2.45, 2.75) is 0 Å². The van der Waals surface area contributed by atoms with E-state index in [9.17, 15) is 10.2 Å². The van der Waals surface area contributed by atoms with Crippen molar-refractivity contribution < 1.29 is 14.9 Å². The van der Waals surface area contributed by atoms with E-state index in [1.807, 2.05) is 24.3 Å². The summed E-state index contributed by atoms with van der Waals surface area (Å²) in [6.07, 6.45) is 0. The lowest BCUT2D eigenvalue weighted by Crippen LogP contribution is -1.83. The Morgan fingerprint density at radius 3 is 2.31 bits per heavy atom. The summed E-state index contributed by atoms with van der Waals surface area (Å²) in [6, 6.07) is 12.2. The molecule has 0 fully saturated rings. The van der Waals surface area contributed by atoms with E-state index in [2.05, 4.69) is 0 Å². The van der Waals surface area contributed by atoms with Gasteiger partial charge in [0.15, 0.2) is 11.5 Å². The molecule has 0 unspecified atom stereocenters. The lowest BCUT2D eigenvalue weighted by atomic mass is 10.1. The molecule has 16 heavy (non-hydrogen) atoms. The van der Waals surface area contributed by atoms with Crippen molar-refractivity contribution in [1.29, 1.82) is 0 Å². The second-order valence-corrected chi connectivity index (χ2v) is 3.44. The van der Waals surface area contributed by atoms with Crippen molar-refractivity contribution in [3.8, 4) is 28.4 Å². The van der Waals surface area contributed by atoms with Gasteiger partial charge >= 0.3 is 0 Å². The molecular weight excluding hydrogens is 204 g/mol. The maximum absolute atomic E-state index is 9.41. The normalized spacial score (nSPS) is 10.1. The topological polar surface area (TPSA) is 49.7 Å². The molecule has 2 rings (SSSR count). The third kappa shape index (κ3) is 1.93. The number of phenolic OH excluding ortho intramolecular Hbond substituents is 2. The van der Waals surface area contributed by atoms with Gasteiger partial charge in [0.25, 0.3) is 0 Å². The number of methoxy groups -OCH3 is 1. The summed E-state index contributed by atoms with van der Waals surface area (Å²) < 4.78 is 5.12. The summed E-state index contributed by atoms with van der Waals surface area (Å²) in [4.78, 5) is 0. The number of aromatic hydroxyl groups is 2. The summed E-state index contributed by atoms with van der Waals surface area (Å²) in [5.41, 5.74) is 1.75. The van der Waals surface area contributed by atoms with Crippen molar-refractivity contribution in [2.75, 3.05) is 7.11 Å². The first-order valence-corrected chi connectivity index (χ1v) is 4.87. The van der Waals surface area contributed by atoms with Crippen LogP contribution in [0.3, 0.4) is 0 Å². The molecule has 0 spiro atoms. The molecule has 0 atom stereocenters. The van der Waals surface area contributed by atoms with Gasteiger partial charge in [0, 0.05) is 0 Å². The molecule has 0 amide bonds. The van der Waals surface area contributed by atoms with Crippen LogP contribution >= 0.6 is 0 Å². The lowest BCUT2D eigenvalue weighted by Gasteiger charge is -2.05. The van der Waals surface area contributed by atoms with Gasteiger partial charge in [0.2, 0.25) is 0 Å². The highest BCUT2D eigenvalue weighted by molar-refractivity contribution is 5.68. The third-order valence-corrected chi connectivity index (χ3v) is 2.38. The molecule has 3 heteroatoms. The van der Waals surface area contributed by atoms with Gasteiger partial charge in [0.05, 0.1) is 7.11 Å². The first-order chi connectivity index (χ1) is 7.70. The second-order valence-electron chi connectivity index (χ2n) is 3.44. The van der Waals surface area contributed by atoms with Crippen molar-refractivity contribution in [1.82, 2.24) is 0 Å². The number of hydrogen-bond acceptors (Lipinski definition) is 3. The summed E-state index contributed by atoms with van der Waals surface area (Å²) >= 11 is 0. The zero-order valence-corrected chi connectivity index (χ0v) is 8.84. The van der Waals surface area contributed by atoms with Gasteiger partial charge < -0.3 is 14.9 Å². The molecule has 3 nitrogen and oxygen atoms in total. The molecule has 2 aromatic rings. The van der Waals surface area contributed by atoms with Crippen LogP contribution in [0.2, 0.25) is 0 Å². The summed E-state index contributed by atoms with van der Waals surface area (Å²) in [5, 5.41) is 18.6. The van der Waals surface area contributed by atoms with Crippen LogP contribution in [-0.2, 0) is 0 Å². The van der Waals surface area contributed by atoms with Crippen molar-refractivity contribution in [3.05, 3.63) is 42.5 Å². The average molecular weight is 216 g/mol. The fourth-order valence-corrected chi connectivity index (χ4v) is 1.51. The van der Waals surface area contributed by atoms with Crippen molar-refractivity contribution in [3.63, 3.8) is 0 Å². The zero-order valence-electron chi connectivity index (χ0n) is 8.84. The van der Waals surface area contributed by atoms with Gasteiger partial charge in [-0.05, 0) is 35.4 Å². The molecule has 2 N–H and O–H groups in total. The van der Waals surface area contributed by atoms with E-state index in [4.69, 9.17) is 4.74 Å².